The molecule has 3 nitrogen and oxygen atoms in total. The lowest BCUT2D eigenvalue weighted by Gasteiger charge is -2.28. The molecule has 1 saturated carbocycles. The van der Waals surface area contributed by atoms with Gasteiger partial charge in [-0.25, -0.2) is 9.97 Å². The Labute approximate surface area is 91.3 Å². The van der Waals surface area contributed by atoms with E-state index in [0.717, 1.165) is 11.9 Å². The van der Waals surface area contributed by atoms with Crippen LogP contribution in [0.4, 0.5) is 5.95 Å². The number of hydrogen-bond acceptors (Lipinski definition) is 3. The Balaban J connectivity index is 1.88. The van der Waals surface area contributed by atoms with Gasteiger partial charge >= 0.3 is 0 Å². The maximum absolute atomic E-state index is 4.19. The Morgan fingerprint density at radius 3 is 2.53 bits per heavy atom. The van der Waals surface area contributed by atoms with Gasteiger partial charge in [-0.3, -0.25) is 0 Å². The van der Waals surface area contributed by atoms with Gasteiger partial charge in [0.15, 0.2) is 0 Å². The highest BCUT2D eigenvalue weighted by Crippen LogP contribution is 2.27. The maximum atomic E-state index is 4.19. The SMILES string of the molecule is CC(Nc1ncccn1)C1CCCCC1. The van der Waals surface area contributed by atoms with Gasteiger partial charge in [-0.2, -0.15) is 0 Å². The van der Waals surface area contributed by atoms with Crippen molar-refractivity contribution in [2.75, 3.05) is 5.32 Å². The number of anilines is 1. The molecule has 1 heterocycles. The van der Waals surface area contributed by atoms with Crippen LogP contribution in [0.2, 0.25) is 0 Å². The third kappa shape index (κ3) is 2.91. The first kappa shape index (κ1) is 10.4. The van der Waals surface area contributed by atoms with Crippen molar-refractivity contribution in [2.45, 2.75) is 45.1 Å². The molecule has 0 radical (unpaired) electrons. The standard InChI is InChI=1S/C12H19N3/c1-10(11-6-3-2-4-7-11)15-12-13-8-5-9-14-12/h5,8-11H,2-4,6-7H2,1H3,(H,13,14,15). The molecule has 0 aliphatic heterocycles. The summed E-state index contributed by atoms with van der Waals surface area (Å²) in [6, 6.07) is 2.34. The molecule has 0 bridgehead atoms. The van der Waals surface area contributed by atoms with Crippen LogP contribution >= 0.6 is 0 Å². The van der Waals surface area contributed by atoms with Crippen molar-refractivity contribution < 1.29 is 0 Å². The largest absolute Gasteiger partial charge is 0.351 e. The number of hydrogen-bond donors (Lipinski definition) is 1. The van der Waals surface area contributed by atoms with Crippen LogP contribution in [0.3, 0.4) is 0 Å². The molecule has 1 unspecified atom stereocenters. The highest BCUT2D eigenvalue weighted by atomic mass is 15.1. The minimum absolute atomic E-state index is 0.493. The van der Waals surface area contributed by atoms with E-state index in [0.29, 0.717) is 6.04 Å². The predicted molar refractivity (Wildman–Crippen MR) is 61.7 cm³/mol. The fraction of sp³-hybridized carbons (Fsp3) is 0.667. The Morgan fingerprint density at radius 1 is 1.20 bits per heavy atom. The molecule has 1 N–H and O–H groups in total. The zero-order valence-corrected chi connectivity index (χ0v) is 9.32. The van der Waals surface area contributed by atoms with E-state index < -0.39 is 0 Å². The summed E-state index contributed by atoms with van der Waals surface area (Å²) < 4.78 is 0. The third-order valence-electron chi connectivity index (χ3n) is 3.28. The molecule has 2 rings (SSSR count). The zero-order valence-electron chi connectivity index (χ0n) is 9.32. The first-order chi connectivity index (χ1) is 7.36. The van der Waals surface area contributed by atoms with Gasteiger partial charge < -0.3 is 5.32 Å². The molecule has 0 spiro atoms. The molecular weight excluding hydrogens is 186 g/mol. The molecular formula is C12H19N3. The van der Waals surface area contributed by atoms with E-state index in [2.05, 4.69) is 22.2 Å². The molecule has 1 aromatic rings. The molecule has 0 amide bonds. The van der Waals surface area contributed by atoms with E-state index >= 15 is 0 Å². The van der Waals surface area contributed by atoms with Gasteiger partial charge in [0.1, 0.15) is 0 Å². The number of rotatable bonds is 3. The average Bonchev–Trinajstić information content (AvgIpc) is 2.31. The van der Waals surface area contributed by atoms with Crippen LogP contribution in [-0.2, 0) is 0 Å². The summed E-state index contributed by atoms with van der Waals surface area (Å²) in [6.07, 6.45) is 10.4. The zero-order chi connectivity index (χ0) is 10.5. The van der Waals surface area contributed by atoms with Gasteiger partial charge in [0, 0.05) is 18.4 Å². The Kier molecular flexibility index (Phi) is 3.54. The van der Waals surface area contributed by atoms with Gasteiger partial charge in [0.2, 0.25) is 5.95 Å². The molecule has 1 aliphatic carbocycles. The summed E-state index contributed by atoms with van der Waals surface area (Å²) in [4.78, 5) is 8.38. The van der Waals surface area contributed by atoms with Crippen molar-refractivity contribution in [1.82, 2.24) is 9.97 Å². The highest BCUT2D eigenvalue weighted by Gasteiger charge is 2.20. The minimum atomic E-state index is 0.493. The van der Waals surface area contributed by atoms with Crippen LogP contribution in [-0.4, -0.2) is 16.0 Å². The van der Waals surface area contributed by atoms with Crippen molar-refractivity contribution in [2.24, 2.45) is 5.92 Å². The fourth-order valence-corrected chi connectivity index (χ4v) is 2.33. The second kappa shape index (κ2) is 5.10. The molecule has 1 aromatic heterocycles. The Morgan fingerprint density at radius 2 is 1.87 bits per heavy atom. The highest BCUT2D eigenvalue weighted by molar-refractivity contribution is 5.24. The van der Waals surface area contributed by atoms with E-state index in [1.807, 2.05) is 6.07 Å². The minimum Gasteiger partial charge on any atom is -0.351 e. The fourth-order valence-electron chi connectivity index (χ4n) is 2.33. The van der Waals surface area contributed by atoms with Crippen molar-refractivity contribution in [3.05, 3.63) is 18.5 Å². The first-order valence-corrected chi connectivity index (χ1v) is 5.90. The van der Waals surface area contributed by atoms with Crippen LogP contribution < -0.4 is 5.32 Å². The van der Waals surface area contributed by atoms with Crippen molar-refractivity contribution in [3.63, 3.8) is 0 Å². The van der Waals surface area contributed by atoms with E-state index in [4.69, 9.17) is 0 Å². The van der Waals surface area contributed by atoms with Crippen LogP contribution in [0.5, 0.6) is 0 Å². The van der Waals surface area contributed by atoms with Crippen molar-refractivity contribution in [1.29, 1.82) is 0 Å². The van der Waals surface area contributed by atoms with Crippen LogP contribution in [0, 0.1) is 5.92 Å². The van der Waals surface area contributed by atoms with Gasteiger partial charge in [0.05, 0.1) is 0 Å². The molecule has 82 valence electrons. The van der Waals surface area contributed by atoms with E-state index in [-0.39, 0.29) is 0 Å². The van der Waals surface area contributed by atoms with Gasteiger partial charge in [0.25, 0.3) is 0 Å². The van der Waals surface area contributed by atoms with Gasteiger partial charge in [-0.05, 0) is 31.7 Å². The van der Waals surface area contributed by atoms with E-state index in [9.17, 15) is 0 Å². The number of nitrogens with zero attached hydrogens (tertiary/aromatic N) is 2. The second-order valence-electron chi connectivity index (χ2n) is 4.40. The molecule has 15 heavy (non-hydrogen) atoms. The van der Waals surface area contributed by atoms with Crippen LogP contribution in [0.25, 0.3) is 0 Å². The third-order valence-corrected chi connectivity index (χ3v) is 3.28. The van der Waals surface area contributed by atoms with Gasteiger partial charge in [-0.15, -0.1) is 0 Å². The number of nitrogens with one attached hydrogen (secondary N) is 1. The van der Waals surface area contributed by atoms with Crippen molar-refractivity contribution >= 4 is 5.95 Å². The first-order valence-electron chi connectivity index (χ1n) is 5.90. The molecule has 1 fully saturated rings. The van der Waals surface area contributed by atoms with Gasteiger partial charge in [-0.1, -0.05) is 19.3 Å². The Hall–Kier alpha value is -1.12. The molecule has 1 aliphatic rings. The predicted octanol–water partition coefficient (Wildman–Crippen LogP) is 2.86. The lowest BCUT2D eigenvalue weighted by atomic mass is 9.85. The van der Waals surface area contributed by atoms with Crippen LogP contribution in [0.15, 0.2) is 18.5 Å². The lowest BCUT2D eigenvalue weighted by Crippen LogP contribution is -2.28. The molecule has 1 atom stereocenters. The summed E-state index contributed by atoms with van der Waals surface area (Å²) in [5.74, 6) is 1.55. The second-order valence-corrected chi connectivity index (χ2v) is 4.40. The summed E-state index contributed by atoms with van der Waals surface area (Å²) in [6.45, 7) is 2.24. The maximum Gasteiger partial charge on any atom is 0.222 e. The van der Waals surface area contributed by atoms with E-state index in [1.165, 1.54) is 32.1 Å². The summed E-state index contributed by atoms with van der Waals surface area (Å²) in [7, 11) is 0. The Bertz CT molecular complexity index is 280. The molecule has 3 heteroatoms. The molecule has 0 saturated heterocycles. The lowest BCUT2D eigenvalue weighted by molar-refractivity contribution is 0.327. The smallest absolute Gasteiger partial charge is 0.222 e. The quantitative estimate of drug-likeness (QED) is 0.824. The average molecular weight is 205 g/mol. The summed E-state index contributed by atoms with van der Waals surface area (Å²) in [5, 5.41) is 3.39. The monoisotopic (exact) mass is 205 g/mol. The molecule has 0 aromatic carbocycles. The topological polar surface area (TPSA) is 37.8 Å². The van der Waals surface area contributed by atoms with E-state index in [1.54, 1.807) is 12.4 Å². The number of aromatic nitrogens is 2. The van der Waals surface area contributed by atoms with Crippen LogP contribution in [0.1, 0.15) is 39.0 Å². The normalized spacial score (nSPS) is 19.8. The summed E-state index contributed by atoms with van der Waals surface area (Å²) >= 11 is 0. The van der Waals surface area contributed by atoms with Crippen molar-refractivity contribution in [3.8, 4) is 0 Å². The summed E-state index contributed by atoms with van der Waals surface area (Å²) in [5.41, 5.74) is 0.